The molecule has 24 heavy (non-hydrogen) atoms. The average Bonchev–Trinajstić information content (AvgIpc) is 2.52. The minimum absolute atomic E-state index is 0.330. The van der Waals surface area contributed by atoms with Crippen molar-refractivity contribution in [3.63, 3.8) is 0 Å². The van der Waals surface area contributed by atoms with E-state index in [1.165, 1.54) is 24.3 Å². The van der Waals surface area contributed by atoms with Crippen LogP contribution in [0.2, 0.25) is 0 Å². The van der Waals surface area contributed by atoms with Crippen LogP contribution < -0.4 is 9.62 Å². The normalized spacial score (nSPS) is 10.7. The Morgan fingerprint density at radius 1 is 1.21 bits per heavy atom. The van der Waals surface area contributed by atoms with E-state index < -0.39 is 15.9 Å². The minimum atomic E-state index is -3.64. The lowest BCUT2D eigenvalue weighted by Crippen LogP contribution is -2.37. The summed E-state index contributed by atoms with van der Waals surface area (Å²) in [4.78, 5) is 12.2. The molecule has 1 N–H and O–H groups in total. The van der Waals surface area contributed by atoms with Crippen LogP contribution in [-0.2, 0) is 14.8 Å². The summed E-state index contributed by atoms with van der Waals surface area (Å²) in [6, 6.07) is 15.2. The standard InChI is InChI=1S/C17H17N3O3S/c1-13-4-3-5-15(10-13)19-17(21)12-20(24(2,22)23)16-8-6-14(11-18)7-9-16/h3-10H,12H2,1-2H3,(H,19,21). The second kappa shape index (κ2) is 7.15. The number of carbonyl (C=O) groups excluding carboxylic acids is 1. The van der Waals surface area contributed by atoms with Crippen LogP contribution in [0.4, 0.5) is 11.4 Å². The molecule has 0 aromatic heterocycles. The number of carbonyl (C=O) groups is 1. The maximum absolute atomic E-state index is 12.2. The lowest BCUT2D eigenvalue weighted by Gasteiger charge is -2.22. The molecule has 1 amide bonds. The molecule has 124 valence electrons. The Morgan fingerprint density at radius 2 is 1.88 bits per heavy atom. The van der Waals surface area contributed by atoms with E-state index >= 15 is 0 Å². The number of hydrogen-bond acceptors (Lipinski definition) is 4. The first kappa shape index (κ1) is 17.5. The molecule has 0 saturated carbocycles. The zero-order chi connectivity index (χ0) is 17.7. The van der Waals surface area contributed by atoms with E-state index in [-0.39, 0.29) is 6.54 Å². The SMILES string of the molecule is Cc1cccc(NC(=O)CN(c2ccc(C#N)cc2)S(C)(=O)=O)c1. The highest BCUT2D eigenvalue weighted by molar-refractivity contribution is 7.92. The van der Waals surface area contributed by atoms with Crippen LogP contribution in [0.1, 0.15) is 11.1 Å². The Labute approximate surface area is 141 Å². The quantitative estimate of drug-likeness (QED) is 0.902. The Balaban J connectivity index is 2.20. The first-order valence-electron chi connectivity index (χ1n) is 7.14. The van der Waals surface area contributed by atoms with Crippen LogP contribution in [0.3, 0.4) is 0 Å². The van der Waals surface area contributed by atoms with E-state index in [0.29, 0.717) is 16.9 Å². The molecule has 0 unspecified atom stereocenters. The predicted octanol–water partition coefficient (Wildman–Crippen LogP) is 2.27. The second-order valence-corrected chi connectivity index (χ2v) is 7.25. The summed E-state index contributed by atoms with van der Waals surface area (Å²) in [6.07, 6.45) is 1.03. The fourth-order valence-corrected chi connectivity index (χ4v) is 3.01. The number of nitriles is 1. The molecule has 0 fully saturated rings. The van der Waals surface area contributed by atoms with E-state index in [0.717, 1.165) is 16.1 Å². The van der Waals surface area contributed by atoms with Crippen LogP contribution in [0.5, 0.6) is 0 Å². The number of benzene rings is 2. The number of hydrogen-bond donors (Lipinski definition) is 1. The number of rotatable bonds is 5. The number of sulfonamides is 1. The Kier molecular flexibility index (Phi) is 5.21. The molecule has 0 radical (unpaired) electrons. The van der Waals surface area contributed by atoms with Crippen molar-refractivity contribution in [3.8, 4) is 6.07 Å². The van der Waals surface area contributed by atoms with Gasteiger partial charge in [0.2, 0.25) is 15.9 Å². The zero-order valence-electron chi connectivity index (χ0n) is 13.4. The molecule has 2 rings (SSSR count). The van der Waals surface area contributed by atoms with E-state index in [4.69, 9.17) is 5.26 Å². The molecule has 0 saturated heterocycles. The van der Waals surface area contributed by atoms with Gasteiger partial charge in [0.25, 0.3) is 0 Å². The number of anilines is 2. The Hall–Kier alpha value is -2.85. The number of nitrogens with zero attached hydrogens (tertiary/aromatic N) is 2. The summed E-state index contributed by atoms with van der Waals surface area (Å²) in [7, 11) is -3.64. The van der Waals surface area contributed by atoms with Gasteiger partial charge in [0.05, 0.1) is 23.6 Å². The highest BCUT2D eigenvalue weighted by atomic mass is 32.2. The summed E-state index contributed by atoms with van der Waals surface area (Å²) >= 11 is 0. The number of aryl methyl sites for hydroxylation is 1. The maximum atomic E-state index is 12.2. The number of nitrogens with one attached hydrogen (secondary N) is 1. The van der Waals surface area contributed by atoms with Gasteiger partial charge in [-0.3, -0.25) is 9.10 Å². The highest BCUT2D eigenvalue weighted by Crippen LogP contribution is 2.18. The van der Waals surface area contributed by atoms with Crippen molar-refractivity contribution in [1.29, 1.82) is 5.26 Å². The second-order valence-electron chi connectivity index (χ2n) is 5.35. The van der Waals surface area contributed by atoms with Crippen molar-refractivity contribution >= 4 is 27.3 Å². The average molecular weight is 343 g/mol. The van der Waals surface area contributed by atoms with Crippen molar-refractivity contribution in [3.05, 3.63) is 59.7 Å². The van der Waals surface area contributed by atoms with Gasteiger partial charge in [-0.15, -0.1) is 0 Å². The molecule has 0 aliphatic carbocycles. The first-order chi connectivity index (χ1) is 11.3. The zero-order valence-corrected chi connectivity index (χ0v) is 14.2. The van der Waals surface area contributed by atoms with Gasteiger partial charge in [-0.25, -0.2) is 8.42 Å². The van der Waals surface area contributed by atoms with E-state index in [1.807, 2.05) is 19.1 Å². The van der Waals surface area contributed by atoms with E-state index in [9.17, 15) is 13.2 Å². The summed E-state index contributed by atoms with van der Waals surface area (Å²) in [5.74, 6) is -0.449. The lowest BCUT2D eigenvalue weighted by atomic mass is 10.2. The topological polar surface area (TPSA) is 90.3 Å². The van der Waals surface area contributed by atoms with Gasteiger partial charge in [-0.1, -0.05) is 12.1 Å². The van der Waals surface area contributed by atoms with Crippen LogP contribution >= 0.6 is 0 Å². The molecular weight excluding hydrogens is 326 g/mol. The molecule has 0 aliphatic rings. The van der Waals surface area contributed by atoms with Crippen molar-refractivity contribution in [1.82, 2.24) is 0 Å². The van der Waals surface area contributed by atoms with Gasteiger partial charge in [-0.05, 0) is 48.9 Å². The van der Waals surface area contributed by atoms with Crippen LogP contribution in [0.15, 0.2) is 48.5 Å². The summed E-state index contributed by atoms with van der Waals surface area (Å²) in [5, 5.41) is 11.5. The monoisotopic (exact) mass is 343 g/mol. The first-order valence-corrected chi connectivity index (χ1v) is 8.99. The third-order valence-corrected chi connectivity index (χ3v) is 4.41. The van der Waals surface area contributed by atoms with Gasteiger partial charge < -0.3 is 5.32 Å². The molecular formula is C17H17N3O3S. The predicted molar refractivity (Wildman–Crippen MR) is 93.2 cm³/mol. The van der Waals surface area contributed by atoms with Crippen LogP contribution in [0, 0.1) is 18.3 Å². The molecule has 7 heteroatoms. The fraction of sp³-hybridized carbons (Fsp3) is 0.176. The van der Waals surface area contributed by atoms with Crippen molar-refractivity contribution in [2.24, 2.45) is 0 Å². The van der Waals surface area contributed by atoms with Crippen molar-refractivity contribution in [2.75, 3.05) is 22.4 Å². The van der Waals surface area contributed by atoms with E-state index in [2.05, 4.69) is 5.32 Å². The summed E-state index contributed by atoms with van der Waals surface area (Å²) < 4.78 is 25.0. The maximum Gasteiger partial charge on any atom is 0.245 e. The molecule has 0 atom stereocenters. The van der Waals surface area contributed by atoms with Crippen LogP contribution in [0.25, 0.3) is 0 Å². The Bertz CT molecular complexity index is 884. The largest absolute Gasteiger partial charge is 0.325 e. The van der Waals surface area contributed by atoms with Crippen LogP contribution in [-0.4, -0.2) is 27.1 Å². The molecule has 0 spiro atoms. The molecule has 0 aliphatic heterocycles. The molecule has 2 aromatic rings. The van der Waals surface area contributed by atoms with Crippen molar-refractivity contribution < 1.29 is 13.2 Å². The van der Waals surface area contributed by atoms with Gasteiger partial charge in [0, 0.05) is 5.69 Å². The summed E-state index contributed by atoms with van der Waals surface area (Å²) in [6.45, 7) is 1.55. The van der Waals surface area contributed by atoms with Crippen molar-refractivity contribution in [2.45, 2.75) is 6.92 Å². The van der Waals surface area contributed by atoms with Gasteiger partial charge in [0.15, 0.2) is 0 Å². The van der Waals surface area contributed by atoms with Gasteiger partial charge in [-0.2, -0.15) is 5.26 Å². The van der Waals surface area contributed by atoms with Gasteiger partial charge >= 0.3 is 0 Å². The smallest absolute Gasteiger partial charge is 0.245 e. The third kappa shape index (κ3) is 4.57. The number of amides is 1. The molecule has 6 nitrogen and oxygen atoms in total. The molecule has 0 bridgehead atoms. The van der Waals surface area contributed by atoms with Gasteiger partial charge in [0.1, 0.15) is 6.54 Å². The lowest BCUT2D eigenvalue weighted by molar-refractivity contribution is -0.114. The summed E-state index contributed by atoms with van der Waals surface area (Å²) in [5.41, 5.74) is 2.33. The fourth-order valence-electron chi connectivity index (χ4n) is 2.16. The molecule has 0 heterocycles. The van der Waals surface area contributed by atoms with E-state index in [1.54, 1.807) is 18.2 Å². The third-order valence-electron chi connectivity index (χ3n) is 3.27. The molecule has 2 aromatic carbocycles. The Morgan fingerprint density at radius 3 is 2.42 bits per heavy atom. The minimum Gasteiger partial charge on any atom is -0.325 e. The highest BCUT2D eigenvalue weighted by Gasteiger charge is 2.20.